The Morgan fingerprint density at radius 2 is 1.15 bits per heavy atom. The number of alkyl halides is 3. The number of pyridine rings is 1. The molecule has 0 fully saturated rings. The zero-order valence-electron chi connectivity index (χ0n) is 13.0. The predicted octanol–water partition coefficient (Wildman–Crippen LogP) is 6.13. The first kappa shape index (κ1) is 18.8. The molecule has 1 nitrogen and oxygen atoms in total. The summed E-state index contributed by atoms with van der Waals surface area (Å²) >= 11 is 0. The normalized spacial score (nSPS) is 11.7. The number of hydrogen-bond acceptors (Lipinski definition) is 1. The molecule has 2 aromatic carbocycles. The van der Waals surface area contributed by atoms with Gasteiger partial charge in [0.05, 0.1) is 0 Å². The highest BCUT2D eigenvalue weighted by molar-refractivity contribution is 5.73. The molecule has 0 radical (unpaired) electrons. The van der Waals surface area contributed by atoms with Crippen LogP contribution >= 0.6 is 0 Å². The Morgan fingerprint density at radius 1 is 0.630 bits per heavy atom. The molecule has 3 aromatic rings. The van der Waals surface area contributed by atoms with Gasteiger partial charge in [-0.2, -0.15) is 13.2 Å². The third-order valence-corrected chi connectivity index (χ3v) is 3.70. The Balaban J connectivity index is 2.39. The molecular formula is C18H7F8N. The quantitative estimate of drug-likeness (QED) is 0.481. The maximum absolute atomic E-state index is 14.8. The number of nitrogens with zero attached hydrogens (tertiary/aromatic N) is 1. The third-order valence-electron chi connectivity index (χ3n) is 3.70. The highest BCUT2D eigenvalue weighted by Crippen LogP contribution is 2.38. The zero-order valence-corrected chi connectivity index (χ0v) is 13.0. The Morgan fingerprint density at radius 3 is 1.70 bits per heavy atom. The van der Waals surface area contributed by atoms with Crippen LogP contribution in [0.15, 0.2) is 42.5 Å². The van der Waals surface area contributed by atoms with Gasteiger partial charge in [-0.25, -0.2) is 26.9 Å². The number of aromatic nitrogens is 1. The van der Waals surface area contributed by atoms with Gasteiger partial charge in [0.25, 0.3) is 0 Å². The zero-order chi connectivity index (χ0) is 19.9. The lowest BCUT2D eigenvalue weighted by Gasteiger charge is -2.14. The van der Waals surface area contributed by atoms with Crippen LogP contribution in [0.25, 0.3) is 22.4 Å². The molecule has 0 amide bonds. The fourth-order valence-electron chi connectivity index (χ4n) is 2.45. The molecule has 9 heteroatoms. The molecule has 0 bridgehead atoms. The standard InChI is InChI=1S/C18H7F8N/c19-11-5-1-3-8(14(11)21)10-7-13(18(24,25)26)27-17(16(10)23)9-4-2-6-12(20)15(9)22/h1-7H. The smallest absolute Gasteiger partial charge is 0.240 e. The van der Waals surface area contributed by atoms with E-state index < -0.39 is 63.3 Å². The molecule has 1 aromatic heterocycles. The van der Waals surface area contributed by atoms with Crippen LogP contribution in [-0.4, -0.2) is 4.98 Å². The van der Waals surface area contributed by atoms with E-state index in [1.165, 1.54) is 0 Å². The lowest BCUT2D eigenvalue weighted by molar-refractivity contribution is -0.141. The van der Waals surface area contributed by atoms with Gasteiger partial charge in [-0.15, -0.1) is 0 Å². The lowest BCUT2D eigenvalue weighted by atomic mass is 10.00. The predicted molar refractivity (Wildman–Crippen MR) is 79.9 cm³/mol. The molecule has 0 N–H and O–H groups in total. The van der Waals surface area contributed by atoms with Crippen molar-refractivity contribution in [3.63, 3.8) is 0 Å². The first-order valence-corrected chi connectivity index (χ1v) is 7.27. The molecule has 0 saturated carbocycles. The van der Waals surface area contributed by atoms with Gasteiger partial charge in [-0.05, 0) is 24.3 Å². The van der Waals surface area contributed by atoms with E-state index in [9.17, 15) is 35.1 Å². The first-order chi connectivity index (χ1) is 12.6. The lowest BCUT2D eigenvalue weighted by Crippen LogP contribution is -2.11. The van der Waals surface area contributed by atoms with Crippen molar-refractivity contribution in [3.05, 3.63) is 77.2 Å². The van der Waals surface area contributed by atoms with Crippen molar-refractivity contribution in [2.24, 2.45) is 0 Å². The SMILES string of the molecule is Fc1cccc(-c2cc(C(F)(F)F)nc(-c3cccc(F)c3F)c2F)c1F. The minimum atomic E-state index is -5.11. The third kappa shape index (κ3) is 3.36. The molecule has 0 saturated heterocycles. The summed E-state index contributed by atoms with van der Waals surface area (Å²) < 4.78 is 109. The molecule has 0 atom stereocenters. The van der Waals surface area contributed by atoms with Crippen LogP contribution in [0.5, 0.6) is 0 Å². The van der Waals surface area contributed by atoms with Crippen LogP contribution in [0.1, 0.15) is 5.69 Å². The van der Waals surface area contributed by atoms with Crippen molar-refractivity contribution in [2.45, 2.75) is 6.18 Å². The molecule has 0 aliphatic carbocycles. The van der Waals surface area contributed by atoms with E-state index in [1.807, 2.05) is 0 Å². The number of benzene rings is 2. The molecule has 0 spiro atoms. The second kappa shape index (κ2) is 6.64. The Kier molecular flexibility index (Phi) is 4.63. The van der Waals surface area contributed by atoms with Gasteiger partial charge in [-0.1, -0.05) is 18.2 Å². The Hall–Kier alpha value is -2.97. The fourth-order valence-corrected chi connectivity index (χ4v) is 2.45. The van der Waals surface area contributed by atoms with Crippen molar-refractivity contribution < 1.29 is 35.1 Å². The summed E-state index contributed by atoms with van der Waals surface area (Å²) in [4.78, 5) is 3.03. The second-order valence-corrected chi connectivity index (χ2v) is 5.42. The van der Waals surface area contributed by atoms with E-state index >= 15 is 0 Å². The van der Waals surface area contributed by atoms with Gasteiger partial charge in [0.15, 0.2) is 29.1 Å². The highest BCUT2D eigenvalue weighted by Gasteiger charge is 2.35. The maximum atomic E-state index is 14.8. The van der Waals surface area contributed by atoms with Crippen molar-refractivity contribution in [2.75, 3.05) is 0 Å². The van der Waals surface area contributed by atoms with Crippen LogP contribution in [0, 0.1) is 29.1 Å². The van der Waals surface area contributed by atoms with Crippen LogP contribution in [0.2, 0.25) is 0 Å². The van der Waals surface area contributed by atoms with Crippen LogP contribution in [-0.2, 0) is 6.18 Å². The summed E-state index contributed by atoms with van der Waals surface area (Å²) in [5, 5.41) is 0. The van der Waals surface area contributed by atoms with Crippen LogP contribution in [0.3, 0.4) is 0 Å². The maximum Gasteiger partial charge on any atom is 0.433 e. The van der Waals surface area contributed by atoms with Crippen molar-refractivity contribution in [3.8, 4) is 22.4 Å². The summed E-state index contributed by atoms with van der Waals surface area (Å²) in [5.74, 6) is -7.65. The van der Waals surface area contributed by atoms with Crippen LogP contribution in [0.4, 0.5) is 35.1 Å². The van der Waals surface area contributed by atoms with Crippen molar-refractivity contribution >= 4 is 0 Å². The number of hydrogen-bond donors (Lipinski definition) is 0. The molecule has 0 unspecified atom stereocenters. The summed E-state index contributed by atoms with van der Waals surface area (Å²) in [6.07, 6.45) is -5.11. The summed E-state index contributed by atoms with van der Waals surface area (Å²) in [5.41, 5.74) is -5.56. The highest BCUT2D eigenvalue weighted by atomic mass is 19.4. The van der Waals surface area contributed by atoms with E-state index in [4.69, 9.17) is 0 Å². The van der Waals surface area contributed by atoms with Gasteiger partial charge < -0.3 is 0 Å². The van der Waals surface area contributed by atoms with Gasteiger partial charge >= 0.3 is 6.18 Å². The van der Waals surface area contributed by atoms with Gasteiger partial charge in [-0.3, -0.25) is 0 Å². The van der Waals surface area contributed by atoms with Gasteiger partial charge in [0.1, 0.15) is 11.4 Å². The fraction of sp³-hybridized carbons (Fsp3) is 0.0556. The summed E-state index contributed by atoms with van der Waals surface area (Å²) in [7, 11) is 0. The van der Waals surface area contributed by atoms with Gasteiger partial charge in [0.2, 0.25) is 0 Å². The van der Waals surface area contributed by atoms with E-state index in [2.05, 4.69) is 4.98 Å². The monoisotopic (exact) mass is 389 g/mol. The molecular weight excluding hydrogens is 382 g/mol. The Labute approximate surface area is 146 Å². The van der Waals surface area contributed by atoms with Crippen molar-refractivity contribution in [1.29, 1.82) is 0 Å². The molecule has 0 aliphatic heterocycles. The van der Waals surface area contributed by atoms with E-state index in [0.717, 1.165) is 24.3 Å². The molecule has 3 rings (SSSR count). The Bertz CT molecular complexity index is 954. The minimum Gasteiger partial charge on any atom is -0.240 e. The topological polar surface area (TPSA) is 12.9 Å². The first-order valence-electron chi connectivity index (χ1n) is 7.27. The van der Waals surface area contributed by atoms with Gasteiger partial charge in [0, 0.05) is 16.7 Å². The molecule has 27 heavy (non-hydrogen) atoms. The van der Waals surface area contributed by atoms with E-state index in [1.54, 1.807) is 0 Å². The van der Waals surface area contributed by atoms with E-state index in [-0.39, 0.29) is 6.07 Å². The average molecular weight is 389 g/mol. The summed E-state index contributed by atoms with van der Waals surface area (Å²) in [6.45, 7) is 0. The van der Waals surface area contributed by atoms with Crippen LogP contribution < -0.4 is 0 Å². The largest absolute Gasteiger partial charge is 0.433 e. The summed E-state index contributed by atoms with van der Waals surface area (Å²) in [6, 6.07) is 5.11. The molecule has 140 valence electrons. The number of halogens is 8. The van der Waals surface area contributed by atoms with E-state index in [0.29, 0.717) is 12.1 Å². The molecule has 0 aliphatic rings. The molecule has 1 heterocycles. The minimum absolute atomic E-state index is 0.174. The van der Waals surface area contributed by atoms with Crippen molar-refractivity contribution in [1.82, 2.24) is 4.98 Å². The number of rotatable bonds is 2. The average Bonchev–Trinajstić information content (AvgIpc) is 2.59. The second-order valence-electron chi connectivity index (χ2n) is 5.42.